The third-order valence-electron chi connectivity index (χ3n) is 6.39. The highest BCUT2D eigenvalue weighted by Gasteiger charge is 2.47. The lowest BCUT2D eigenvalue weighted by atomic mass is 9.93. The zero-order valence-corrected chi connectivity index (χ0v) is 19.2. The van der Waals surface area contributed by atoms with Gasteiger partial charge in [-0.25, -0.2) is 0 Å². The van der Waals surface area contributed by atoms with Crippen LogP contribution in [-0.4, -0.2) is 40.5 Å². The number of amides is 2. The largest absolute Gasteiger partial charge is 0.496 e. The molecule has 0 bridgehead atoms. The summed E-state index contributed by atoms with van der Waals surface area (Å²) in [7, 11) is 1.62. The summed E-state index contributed by atoms with van der Waals surface area (Å²) in [5.74, 6) is 0.900. The Morgan fingerprint density at radius 3 is 2.62 bits per heavy atom. The van der Waals surface area contributed by atoms with Gasteiger partial charge in [0.1, 0.15) is 17.0 Å². The van der Waals surface area contributed by atoms with Crippen molar-refractivity contribution in [2.24, 2.45) is 5.92 Å². The van der Waals surface area contributed by atoms with Crippen molar-refractivity contribution in [3.8, 4) is 5.75 Å². The Kier molecular flexibility index (Phi) is 5.96. The summed E-state index contributed by atoms with van der Waals surface area (Å²) in [5, 5.41) is 4.08. The highest BCUT2D eigenvalue weighted by atomic mass is 16.5. The number of fused-ring (bicyclic) bond motifs is 3. The Bertz CT molecular complexity index is 1150. The van der Waals surface area contributed by atoms with E-state index in [1.165, 1.54) is 0 Å². The Morgan fingerprint density at radius 1 is 1.16 bits per heavy atom. The monoisotopic (exact) mass is 433 g/mol. The van der Waals surface area contributed by atoms with Crippen LogP contribution in [0.15, 0.2) is 54.6 Å². The fraction of sp³-hybridized carbons (Fsp3) is 0.385. The predicted octanol–water partition coefficient (Wildman–Crippen LogP) is 4.23. The molecule has 6 heteroatoms. The molecule has 1 N–H and O–H groups in total. The van der Waals surface area contributed by atoms with E-state index >= 15 is 0 Å². The fourth-order valence-electron chi connectivity index (χ4n) is 4.46. The van der Waals surface area contributed by atoms with Crippen LogP contribution >= 0.6 is 0 Å². The van der Waals surface area contributed by atoms with Gasteiger partial charge in [-0.05, 0) is 37.5 Å². The van der Waals surface area contributed by atoms with Crippen LogP contribution in [0.2, 0.25) is 0 Å². The van der Waals surface area contributed by atoms with Crippen LogP contribution in [-0.2, 0) is 17.9 Å². The minimum absolute atomic E-state index is 0.0944. The van der Waals surface area contributed by atoms with Crippen LogP contribution in [0.3, 0.4) is 0 Å². The minimum atomic E-state index is -0.997. The summed E-state index contributed by atoms with van der Waals surface area (Å²) in [5.41, 5.74) is 1.52. The number of methoxy groups -OCH3 is 1. The van der Waals surface area contributed by atoms with E-state index in [1.807, 2.05) is 66.1 Å². The van der Waals surface area contributed by atoms with E-state index in [1.54, 1.807) is 12.0 Å². The number of nitrogens with zero attached hydrogens (tertiary/aromatic N) is 2. The van der Waals surface area contributed by atoms with Crippen molar-refractivity contribution in [2.75, 3.05) is 13.7 Å². The number of ether oxygens (including phenoxy) is 1. The van der Waals surface area contributed by atoms with Crippen LogP contribution in [0, 0.1) is 5.92 Å². The van der Waals surface area contributed by atoms with E-state index < -0.39 is 5.54 Å². The van der Waals surface area contributed by atoms with Crippen molar-refractivity contribution in [3.05, 3.63) is 65.9 Å². The molecule has 0 fully saturated rings. The van der Waals surface area contributed by atoms with Crippen molar-refractivity contribution in [1.29, 1.82) is 0 Å². The standard InChI is InChI=1S/C26H31N3O3/c1-18(2)13-14-29-24(30)22-15-19-9-5-7-11-21(19)28(22)17-26(29,3)25(31)27-16-20-10-6-8-12-23(20)32-4/h5-12,15,18H,13-14,16-17H2,1-4H3,(H,27,31)/t26-/m1/s1. The van der Waals surface area contributed by atoms with Gasteiger partial charge in [0.25, 0.3) is 5.91 Å². The summed E-state index contributed by atoms with van der Waals surface area (Å²) < 4.78 is 7.41. The number of rotatable bonds is 7. The maximum Gasteiger partial charge on any atom is 0.271 e. The number of para-hydroxylation sites is 2. The lowest BCUT2D eigenvalue weighted by Crippen LogP contribution is -2.64. The Balaban J connectivity index is 1.67. The molecule has 0 spiro atoms. The van der Waals surface area contributed by atoms with Gasteiger partial charge in [-0.15, -0.1) is 0 Å². The zero-order valence-electron chi connectivity index (χ0n) is 19.2. The van der Waals surface area contributed by atoms with Gasteiger partial charge in [0.2, 0.25) is 5.91 Å². The molecule has 0 saturated carbocycles. The first kappa shape index (κ1) is 21.9. The van der Waals surface area contributed by atoms with Crippen LogP contribution < -0.4 is 10.1 Å². The zero-order chi connectivity index (χ0) is 22.9. The third kappa shape index (κ3) is 3.85. The van der Waals surface area contributed by atoms with Crippen LogP contribution in [0.25, 0.3) is 10.9 Å². The molecular weight excluding hydrogens is 402 g/mol. The van der Waals surface area contributed by atoms with Crippen molar-refractivity contribution < 1.29 is 14.3 Å². The average molecular weight is 434 g/mol. The summed E-state index contributed by atoms with van der Waals surface area (Å²) in [6, 6.07) is 17.5. The average Bonchev–Trinajstić information content (AvgIpc) is 3.15. The number of carbonyl (C=O) groups is 2. The van der Waals surface area contributed by atoms with E-state index in [2.05, 4.69) is 19.2 Å². The van der Waals surface area contributed by atoms with Gasteiger partial charge in [-0.2, -0.15) is 0 Å². The van der Waals surface area contributed by atoms with Gasteiger partial charge in [-0.1, -0.05) is 50.2 Å². The second kappa shape index (κ2) is 8.69. The molecule has 0 radical (unpaired) electrons. The van der Waals surface area contributed by atoms with Crippen molar-refractivity contribution in [3.63, 3.8) is 0 Å². The molecule has 1 aliphatic heterocycles. The minimum Gasteiger partial charge on any atom is -0.496 e. The Labute approximate surface area is 189 Å². The SMILES string of the molecule is COc1ccccc1CNC(=O)[C@@]1(C)Cn2c(cc3ccccc32)C(=O)N1CCC(C)C. The summed E-state index contributed by atoms with van der Waals surface area (Å²) >= 11 is 0. The Hall–Kier alpha value is -3.28. The first-order chi connectivity index (χ1) is 15.3. The van der Waals surface area contributed by atoms with E-state index in [0.717, 1.165) is 28.6 Å². The fourth-order valence-corrected chi connectivity index (χ4v) is 4.46. The maximum absolute atomic E-state index is 13.6. The van der Waals surface area contributed by atoms with Crippen LogP contribution in [0.1, 0.15) is 43.2 Å². The number of carbonyl (C=O) groups excluding carboxylic acids is 2. The molecule has 1 atom stereocenters. The molecule has 32 heavy (non-hydrogen) atoms. The molecule has 2 amide bonds. The molecular formula is C26H31N3O3. The number of hydrogen-bond acceptors (Lipinski definition) is 3. The van der Waals surface area contributed by atoms with E-state index in [-0.39, 0.29) is 11.8 Å². The first-order valence-electron chi connectivity index (χ1n) is 11.2. The molecule has 1 aliphatic rings. The molecule has 1 aromatic heterocycles. The number of nitrogens with one attached hydrogen (secondary N) is 1. The highest BCUT2D eigenvalue weighted by Crippen LogP contribution is 2.33. The summed E-state index contributed by atoms with van der Waals surface area (Å²) in [4.78, 5) is 29.0. The molecule has 0 aliphatic carbocycles. The van der Waals surface area contributed by atoms with E-state index in [9.17, 15) is 9.59 Å². The van der Waals surface area contributed by atoms with Gasteiger partial charge >= 0.3 is 0 Å². The number of hydrogen-bond donors (Lipinski definition) is 1. The van der Waals surface area contributed by atoms with Gasteiger partial charge < -0.3 is 19.5 Å². The molecule has 0 unspecified atom stereocenters. The second-order valence-corrected chi connectivity index (χ2v) is 9.08. The predicted molar refractivity (Wildman–Crippen MR) is 126 cm³/mol. The first-order valence-corrected chi connectivity index (χ1v) is 11.2. The quantitative estimate of drug-likeness (QED) is 0.607. The molecule has 6 nitrogen and oxygen atoms in total. The van der Waals surface area contributed by atoms with Crippen molar-refractivity contribution in [2.45, 2.75) is 45.8 Å². The van der Waals surface area contributed by atoms with E-state index in [0.29, 0.717) is 31.2 Å². The van der Waals surface area contributed by atoms with E-state index in [4.69, 9.17) is 4.74 Å². The summed E-state index contributed by atoms with van der Waals surface area (Å²) in [6.07, 6.45) is 0.835. The topological polar surface area (TPSA) is 63.6 Å². The Morgan fingerprint density at radius 2 is 1.88 bits per heavy atom. The molecule has 2 heterocycles. The van der Waals surface area contributed by atoms with Gasteiger partial charge in [-0.3, -0.25) is 9.59 Å². The van der Waals surface area contributed by atoms with Gasteiger partial charge in [0.15, 0.2) is 0 Å². The van der Waals surface area contributed by atoms with Gasteiger partial charge in [0.05, 0.1) is 13.7 Å². The molecule has 2 aromatic carbocycles. The number of benzene rings is 2. The lowest BCUT2D eigenvalue weighted by Gasteiger charge is -2.44. The highest BCUT2D eigenvalue weighted by molar-refractivity contribution is 6.03. The van der Waals surface area contributed by atoms with Gasteiger partial charge in [0, 0.05) is 29.6 Å². The lowest BCUT2D eigenvalue weighted by molar-refractivity contribution is -0.133. The number of aromatic nitrogens is 1. The van der Waals surface area contributed by atoms with Crippen molar-refractivity contribution >= 4 is 22.7 Å². The smallest absolute Gasteiger partial charge is 0.271 e. The van der Waals surface area contributed by atoms with Crippen molar-refractivity contribution in [1.82, 2.24) is 14.8 Å². The molecule has 4 rings (SSSR count). The molecule has 3 aromatic rings. The summed E-state index contributed by atoms with van der Waals surface area (Å²) in [6.45, 7) is 7.42. The second-order valence-electron chi connectivity index (χ2n) is 9.08. The maximum atomic E-state index is 13.6. The molecule has 0 saturated heterocycles. The third-order valence-corrected chi connectivity index (χ3v) is 6.39. The van der Waals surface area contributed by atoms with Crippen LogP contribution in [0.5, 0.6) is 5.75 Å². The van der Waals surface area contributed by atoms with Crippen LogP contribution in [0.4, 0.5) is 0 Å². The molecule has 168 valence electrons. The normalized spacial score (nSPS) is 18.2.